The lowest BCUT2D eigenvalue weighted by Gasteiger charge is -2.17. The van der Waals surface area contributed by atoms with Crippen LogP contribution in [0.25, 0.3) is 0 Å². The quantitative estimate of drug-likeness (QED) is 0.824. The molecule has 0 saturated heterocycles. The standard InChI is InChI=1S/C12H14N4O3/c1-15(7-9-5-13-14-6-9)12(19)10-3-2-4-16(10)8-11(17)18/h2-6H,7-8H2,1H3,(H,13,14)(H,17,18). The van der Waals surface area contributed by atoms with E-state index in [1.54, 1.807) is 37.8 Å². The summed E-state index contributed by atoms with van der Waals surface area (Å²) in [6.45, 7) is 0.182. The Labute approximate surface area is 109 Å². The summed E-state index contributed by atoms with van der Waals surface area (Å²) < 4.78 is 1.41. The molecule has 0 aliphatic carbocycles. The molecule has 2 aromatic heterocycles. The third-order valence-electron chi connectivity index (χ3n) is 2.68. The van der Waals surface area contributed by atoms with E-state index < -0.39 is 5.97 Å². The number of hydrogen-bond donors (Lipinski definition) is 2. The number of nitrogens with zero attached hydrogens (tertiary/aromatic N) is 3. The molecular weight excluding hydrogens is 248 g/mol. The maximum Gasteiger partial charge on any atom is 0.323 e. The van der Waals surface area contributed by atoms with E-state index in [0.717, 1.165) is 5.56 Å². The van der Waals surface area contributed by atoms with E-state index in [9.17, 15) is 9.59 Å². The first-order chi connectivity index (χ1) is 9.08. The minimum absolute atomic E-state index is 0.229. The fourth-order valence-electron chi connectivity index (χ4n) is 1.80. The van der Waals surface area contributed by atoms with Crippen molar-refractivity contribution in [1.82, 2.24) is 19.7 Å². The largest absolute Gasteiger partial charge is 0.480 e. The van der Waals surface area contributed by atoms with E-state index in [0.29, 0.717) is 12.2 Å². The zero-order valence-electron chi connectivity index (χ0n) is 10.4. The minimum atomic E-state index is -0.984. The van der Waals surface area contributed by atoms with Crippen LogP contribution in [0.2, 0.25) is 0 Å². The van der Waals surface area contributed by atoms with Gasteiger partial charge in [-0.3, -0.25) is 14.7 Å². The molecule has 0 unspecified atom stereocenters. The van der Waals surface area contributed by atoms with Gasteiger partial charge in [-0.2, -0.15) is 5.10 Å². The second kappa shape index (κ2) is 5.38. The van der Waals surface area contributed by atoms with Crippen LogP contribution in [0.15, 0.2) is 30.7 Å². The van der Waals surface area contributed by atoms with Crippen LogP contribution in [0, 0.1) is 0 Å². The number of aromatic nitrogens is 3. The van der Waals surface area contributed by atoms with E-state index in [2.05, 4.69) is 10.2 Å². The second-order valence-corrected chi connectivity index (χ2v) is 4.18. The van der Waals surface area contributed by atoms with Crippen LogP contribution in [-0.2, 0) is 17.9 Å². The average Bonchev–Trinajstić information content (AvgIpc) is 2.98. The third-order valence-corrected chi connectivity index (χ3v) is 2.68. The van der Waals surface area contributed by atoms with Crippen LogP contribution in [0.4, 0.5) is 0 Å². The van der Waals surface area contributed by atoms with Crippen LogP contribution in [0.5, 0.6) is 0 Å². The summed E-state index contributed by atoms with van der Waals surface area (Å²) in [5, 5.41) is 15.3. The molecule has 19 heavy (non-hydrogen) atoms. The Kier molecular flexibility index (Phi) is 3.65. The highest BCUT2D eigenvalue weighted by molar-refractivity contribution is 5.92. The number of carboxylic acids is 1. The second-order valence-electron chi connectivity index (χ2n) is 4.18. The summed E-state index contributed by atoms with van der Waals surface area (Å²) in [5.74, 6) is -1.21. The Morgan fingerprint density at radius 1 is 1.53 bits per heavy atom. The van der Waals surface area contributed by atoms with Gasteiger partial charge in [-0.15, -0.1) is 0 Å². The molecule has 0 fully saturated rings. The van der Waals surface area contributed by atoms with Crippen molar-refractivity contribution in [3.63, 3.8) is 0 Å². The Balaban J connectivity index is 2.10. The van der Waals surface area contributed by atoms with Crippen molar-refractivity contribution in [3.8, 4) is 0 Å². The highest BCUT2D eigenvalue weighted by Gasteiger charge is 2.17. The van der Waals surface area contributed by atoms with Crippen molar-refractivity contribution in [2.45, 2.75) is 13.1 Å². The monoisotopic (exact) mass is 262 g/mol. The zero-order valence-corrected chi connectivity index (χ0v) is 10.4. The highest BCUT2D eigenvalue weighted by atomic mass is 16.4. The predicted molar refractivity (Wildman–Crippen MR) is 66.5 cm³/mol. The Bertz CT molecular complexity index is 574. The normalized spacial score (nSPS) is 10.4. The molecular formula is C12H14N4O3. The molecule has 2 aromatic rings. The highest BCUT2D eigenvalue weighted by Crippen LogP contribution is 2.08. The molecule has 0 aliphatic rings. The van der Waals surface area contributed by atoms with E-state index in [1.807, 2.05) is 0 Å². The number of hydrogen-bond acceptors (Lipinski definition) is 3. The van der Waals surface area contributed by atoms with Gasteiger partial charge in [0.2, 0.25) is 0 Å². The number of rotatable bonds is 5. The molecule has 0 radical (unpaired) electrons. The molecule has 100 valence electrons. The maximum atomic E-state index is 12.2. The first kappa shape index (κ1) is 12.9. The fourth-order valence-corrected chi connectivity index (χ4v) is 1.80. The molecule has 7 nitrogen and oxygen atoms in total. The van der Waals surface area contributed by atoms with Gasteiger partial charge >= 0.3 is 5.97 Å². The van der Waals surface area contributed by atoms with E-state index in [1.165, 1.54) is 9.47 Å². The van der Waals surface area contributed by atoms with Gasteiger partial charge in [0.15, 0.2) is 0 Å². The molecule has 2 N–H and O–H groups in total. The van der Waals surface area contributed by atoms with Gasteiger partial charge in [0.05, 0.1) is 6.20 Å². The summed E-state index contributed by atoms with van der Waals surface area (Å²) in [6, 6.07) is 3.26. The van der Waals surface area contributed by atoms with Gasteiger partial charge in [-0.05, 0) is 12.1 Å². The van der Waals surface area contributed by atoms with Crippen molar-refractivity contribution in [3.05, 3.63) is 42.0 Å². The Morgan fingerprint density at radius 3 is 2.95 bits per heavy atom. The van der Waals surface area contributed by atoms with E-state index in [4.69, 9.17) is 5.11 Å². The first-order valence-electron chi connectivity index (χ1n) is 5.68. The van der Waals surface area contributed by atoms with Crippen molar-refractivity contribution >= 4 is 11.9 Å². The number of carbonyl (C=O) groups excluding carboxylic acids is 1. The molecule has 0 saturated carbocycles. The van der Waals surface area contributed by atoms with Crippen molar-refractivity contribution in [2.75, 3.05) is 7.05 Å². The molecule has 0 aliphatic heterocycles. The van der Waals surface area contributed by atoms with Crippen LogP contribution in [-0.4, -0.2) is 43.7 Å². The molecule has 1 amide bonds. The Morgan fingerprint density at radius 2 is 2.32 bits per heavy atom. The average molecular weight is 262 g/mol. The number of nitrogens with one attached hydrogen (secondary N) is 1. The predicted octanol–water partition coefficient (Wildman–Crippen LogP) is 0.568. The lowest BCUT2D eigenvalue weighted by atomic mass is 10.3. The lowest BCUT2D eigenvalue weighted by molar-refractivity contribution is -0.137. The first-order valence-corrected chi connectivity index (χ1v) is 5.68. The number of aromatic amines is 1. The number of aliphatic carboxylic acids is 1. The van der Waals surface area contributed by atoms with Crippen molar-refractivity contribution < 1.29 is 14.7 Å². The molecule has 2 rings (SSSR count). The molecule has 7 heteroatoms. The van der Waals surface area contributed by atoms with Crippen molar-refractivity contribution in [1.29, 1.82) is 0 Å². The van der Waals surface area contributed by atoms with E-state index >= 15 is 0 Å². The molecule has 0 atom stereocenters. The van der Waals surface area contributed by atoms with Crippen LogP contribution >= 0.6 is 0 Å². The van der Waals surface area contributed by atoms with Gasteiger partial charge in [0, 0.05) is 31.5 Å². The molecule has 0 bridgehead atoms. The number of amides is 1. The van der Waals surface area contributed by atoms with Crippen molar-refractivity contribution in [2.24, 2.45) is 0 Å². The van der Waals surface area contributed by atoms with Gasteiger partial charge in [0.25, 0.3) is 5.91 Å². The lowest BCUT2D eigenvalue weighted by Crippen LogP contribution is -2.28. The minimum Gasteiger partial charge on any atom is -0.480 e. The molecule has 2 heterocycles. The van der Waals surface area contributed by atoms with Crippen LogP contribution in [0.3, 0.4) is 0 Å². The third kappa shape index (κ3) is 3.01. The maximum absolute atomic E-state index is 12.2. The van der Waals surface area contributed by atoms with Crippen LogP contribution < -0.4 is 0 Å². The van der Waals surface area contributed by atoms with Gasteiger partial charge < -0.3 is 14.6 Å². The number of carboxylic acid groups (broad SMARTS) is 1. The van der Waals surface area contributed by atoms with Gasteiger partial charge in [-0.1, -0.05) is 0 Å². The molecule has 0 aromatic carbocycles. The summed E-state index contributed by atoms with van der Waals surface area (Å²) in [6.07, 6.45) is 4.92. The molecule has 0 spiro atoms. The van der Waals surface area contributed by atoms with Gasteiger partial charge in [-0.25, -0.2) is 0 Å². The van der Waals surface area contributed by atoms with E-state index in [-0.39, 0.29) is 12.5 Å². The smallest absolute Gasteiger partial charge is 0.323 e. The Hall–Kier alpha value is -2.57. The topological polar surface area (TPSA) is 91.2 Å². The number of H-pyrrole nitrogens is 1. The summed E-state index contributed by atoms with van der Waals surface area (Å²) >= 11 is 0. The van der Waals surface area contributed by atoms with Crippen LogP contribution in [0.1, 0.15) is 16.1 Å². The zero-order chi connectivity index (χ0) is 13.8. The van der Waals surface area contributed by atoms with Gasteiger partial charge in [0.1, 0.15) is 12.2 Å². The number of carbonyl (C=O) groups is 2. The SMILES string of the molecule is CN(Cc1cn[nH]c1)C(=O)c1cccn1CC(=O)O. The summed E-state index contributed by atoms with van der Waals surface area (Å²) in [5.41, 5.74) is 1.24. The summed E-state index contributed by atoms with van der Waals surface area (Å²) in [7, 11) is 1.66. The fraction of sp³-hybridized carbons (Fsp3) is 0.250. The summed E-state index contributed by atoms with van der Waals surface area (Å²) in [4.78, 5) is 24.4.